The molecule has 0 bridgehead atoms. The molecule has 0 aliphatic rings. The number of benzene rings is 1. The van der Waals surface area contributed by atoms with E-state index in [-0.39, 0.29) is 0 Å². The Bertz CT molecular complexity index is 399. The minimum absolute atomic E-state index is 0.578. The highest BCUT2D eigenvalue weighted by Gasteiger charge is 2.04. The SMILES string of the molecule is CC(CCNc1cnns1)c1ccccc1. The highest BCUT2D eigenvalue weighted by Crippen LogP contribution is 2.18. The van der Waals surface area contributed by atoms with Crippen molar-refractivity contribution in [1.82, 2.24) is 9.59 Å². The summed E-state index contributed by atoms with van der Waals surface area (Å²) in [5, 5.41) is 8.14. The minimum atomic E-state index is 0.578. The smallest absolute Gasteiger partial charge is 0.130 e. The number of anilines is 1. The molecule has 0 aliphatic carbocycles. The van der Waals surface area contributed by atoms with Crippen LogP contribution in [0.4, 0.5) is 5.00 Å². The lowest BCUT2D eigenvalue weighted by molar-refractivity contribution is 0.706. The van der Waals surface area contributed by atoms with E-state index in [1.807, 2.05) is 0 Å². The van der Waals surface area contributed by atoms with Crippen LogP contribution in [0.25, 0.3) is 0 Å². The summed E-state index contributed by atoms with van der Waals surface area (Å²) >= 11 is 1.40. The molecule has 0 fully saturated rings. The molecule has 0 radical (unpaired) electrons. The molecule has 16 heavy (non-hydrogen) atoms. The van der Waals surface area contributed by atoms with Crippen LogP contribution in [0.2, 0.25) is 0 Å². The van der Waals surface area contributed by atoms with Crippen LogP contribution in [-0.2, 0) is 0 Å². The number of hydrogen-bond donors (Lipinski definition) is 1. The van der Waals surface area contributed by atoms with Gasteiger partial charge in [0.15, 0.2) is 0 Å². The van der Waals surface area contributed by atoms with Crippen LogP contribution in [0.3, 0.4) is 0 Å². The van der Waals surface area contributed by atoms with Crippen molar-refractivity contribution in [3.05, 3.63) is 42.1 Å². The second kappa shape index (κ2) is 5.61. The third-order valence-corrected chi connectivity index (χ3v) is 3.23. The summed E-state index contributed by atoms with van der Waals surface area (Å²) in [6.45, 7) is 3.21. The van der Waals surface area contributed by atoms with Crippen molar-refractivity contribution in [2.75, 3.05) is 11.9 Å². The third kappa shape index (κ3) is 3.03. The third-order valence-electron chi connectivity index (χ3n) is 2.61. The van der Waals surface area contributed by atoms with Gasteiger partial charge in [0, 0.05) is 18.1 Å². The fraction of sp³-hybridized carbons (Fsp3) is 0.333. The molecule has 2 rings (SSSR count). The zero-order valence-corrected chi connectivity index (χ0v) is 10.1. The van der Waals surface area contributed by atoms with E-state index in [0.717, 1.165) is 18.0 Å². The van der Waals surface area contributed by atoms with Gasteiger partial charge in [0.05, 0.1) is 6.20 Å². The first kappa shape index (κ1) is 11.1. The van der Waals surface area contributed by atoms with E-state index in [4.69, 9.17) is 0 Å². The number of aromatic nitrogens is 2. The van der Waals surface area contributed by atoms with Crippen molar-refractivity contribution < 1.29 is 0 Å². The first-order chi connectivity index (χ1) is 7.86. The topological polar surface area (TPSA) is 37.8 Å². The summed E-state index contributed by atoms with van der Waals surface area (Å²) in [4.78, 5) is 0. The van der Waals surface area contributed by atoms with Gasteiger partial charge in [0.2, 0.25) is 0 Å². The summed E-state index contributed by atoms with van der Waals surface area (Å²) in [5.74, 6) is 0.578. The summed E-state index contributed by atoms with van der Waals surface area (Å²) < 4.78 is 3.81. The Hall–Kier alpha value is -1.42. The van der Waals surface area contributed by atoms with Gasteiger partial charge in [-0.3, -0.25) is 0 Å². The van der Waals surface area contributed by atoms with Gasteiger partial charge in [0.25, 0.3) is 0 Å². The lowest BCUT2D eigenvalue weighted by Crippen LogP contribution is -2.04. The average molecular weight is 233 g/mol. The van der Waals surface area contributed by atoms with Crippen LogP contribution in [0.5, 0.6) is 0 Å². The quantitative estimate of drug-likeness (QED) is 0.862. The van der Waals surface area contributed by atoms with Gasteiger partial charge in [-0.1, -0.05) is 41.7 Å². The van der Waals surface area contributed by atoms with Crippen LogP contribution in [0.15, 0.2) is 36.5 Å². The van der Waals surface area contributed by atoms with Crippen molar-refractivity contribution in [3.63, 3.8) is 0 Å². The zero-order valence-electron chi connectivity index (χ0n) is 9.26. The fourth-order valence-electron chi connectivity index (χ4n) is 1.61. The molecule has 1 unspecified atom stereocenters. The Kier molecular flexibility index (Phi) is 3.88. The standard InChI is InChI=1S/C12H15N3S/c1-10(11-5-3-2-4-6-11)7-8-13-12-9-14-15-16-12/h2-6,9-10,13H,7-8H2,1H3. The molecule has 0 amide bonds. The van der Waals surface area contributed by atoms with Gasteiger partial charge in [0.1, 0.15) is 5.00 Å². The van der Waals surface area contributed by atoms with Gasteiger partial charge in [-0.25, -0.2) is 0 Å². The Morgan fingerprint density at radius 3 is 2.81 bits per heavy atom. The van der Waals surface area contributed by atoms with Gasteiger partial charge in [-0.15, -0.1) is 5.10 Å². The molecular weight excluding hydrogens is 218 g/mol. The molecule has 3 nitrogen and oxygen atoms in total. The van der Waals surface area contributed by atoms with Crippen molar-refractivity contribution in [2.24, 2.45) is 0 Å². The fourth-order valence-corrected chi connectivity index (χ4v) is 2.05. The maximum absolute atomic E-state index is 3.81. The monoisotopic (exact) mass is 233 g/mol. The average Bonchev–Trinajstić information content (AvgIpc) is 2.83. The molecule has 84 valence electrons. The van der Waals surface area contributed by atoms with Crippen molar-refractivity contribution >= 4 is 16.5 Å². The molecule has 1 N–H and O–H groups in total. The van der Waals surface area contributed by atoms with Gasteiger partial charge in [-0.05, 0) is 17.9 Å². The first-order valence-electron chi connectivity index (χ1n) is 5.42. The summed E-state index contributed by atoms with van der Waals surface area (Å²) in [6.07, 6.45) is 2.87. The second-order valence-electron chi connectivity index (χ2n) is 3.81. The van der Waals surface area contributed by atoms with Gasteiger partial charge in [-0.2, -0.15) is 0 Å². The highest BCUT2D eigenvalue weighted by atomic mass is 32.1. The van der Waals surface area contributed by atoms with Crippen LogP contribution < -0.4 is 5.32 Å². The Balaban J connectivity index is 1.78. The molecule has 0 spiro atoms. The maximum atomic E-state index is 3.81. The van der Waals surface area contributed by atoms with Gasteiger partial charge >= 0.3 is 0 Å². The molecule has 1 heterocycles. The lowest BCUT2D eigenvalue weighted by atomic mass is 9.98. The van der Waals surface area contributed by atoms with Crippen molar-refractivity contribution in [2.45, 2.75) is 19.3 Å². The highest BCUT2D eigenvalue weighted by molar-refractivity contribution is 7.09. The molecule has 4 heteroatoms. The zero-order chi connectivity index (χ0) is 11.2. The molecule has 0 aliphatic heterocycles. The molecular formula is C12H15N3S. The van der Waals surface area contributed by atoms with Gasteiger partial charge < -0.3 is 5.32 Å². The number of nitrogens with zero attached hydrogens (tertiary/aromatic N) is 2. The van der Waals surface area contributed by atoms with Crippen LogP contribution >= 0.6 is 11.5 Å². The normalized spacial score (nSPS) is 12.3. The summed E-state index contributed by atoms with van der Waals surface area (Å²) in [7, 11) is 0. The van der Waals surface area contributed by atoms with Crippen LogP contribution in [-0.4, -0.2) is 16.1 Å². The molecule has 0 saturated heterocycles. The summed E-state index contributed by atoms with van der Waals surface area (Å²) in [5.41, 5.74) is 1.40. The van der Waals surface area contributed by atoms with Crippen LogP contribution in [0, 0.1) is 0 Å². The van der Waals surface area contributed by atoms with E-state index < -0.39 is 0 Å². The minimum Gasteiger partial charge on any atom is -0.374 e. The Morgan fingerprint density at radius 1 is 1.31 bits per heavy atom. The molecule has 1 atom stereocenters. The van der Waals surface area contributed by atoms with Crippen molar-refractivity contribution in [3.8, 4) is 0 Å². The summed E-state index contributed by atoms with van der Waals surface area (Å²) in [6, 6.07) is 10.6. The number of nitrogens with one attached hydrogen (secondary N) is 1. The van der Waals surface area contributed by atoms with E-state index in [1.54, 1.807) is 6.20 Å². The number of hydrogen-bond acceptors (Lipinski definition) is 4. The molecule has 1 aromatic carbocycles. The molecule has 1 aromatic heterocycles. The maximum Gasteiger partial charge on any atom is 0.130 e. The van der Waals surface area contributed by atoms with Crippen molar-refractivity contribution in [1.29, 1.82) is 0 Å². The predicted molar refractivity (Wildman–Crippen MR) is 67.9 cm³/mol. The van der Waals surface area contributed by atoms with E-state index in [9.17, 15) is 0 Å². The van der Waals surface area contributed by atoms with E-state index in [1.165, 1.54) is 17.1 Å². The largest absolute Gasteiger partial charge is 0.374 e. The van der Waals surface area contributed by atoms with E-state index in [0.29, 0.717) is 5.92 Å². The molecule has 0 saturated carbocycles. The first-order valence-corrected chi connectivity index (χ1v) is 6.20. The predicted octanol–water partition coefficient (Wildman–Crippen LogP) is 3.14. The Morgan fingerprint density at radius 2 is 2.12 bits per heavy atom. The van der Waals surface area contributed by atoms with Crippen LogP contribution in [0.1, 0.15) is 24.8 Å². The van der Waals surface area contributed by atoms with E-state index in [2.05, 4.69) is 52.2 Å². The second-order valence-corrected chi connectivity index (χ2v) is 4.59. The molecule has 2 aromatic rings. The number of rotatable bonds is 5. The Labute approximate surface area is 99.7 Å². The van der Waals surface area contributed by atoms with E-state index >= 15 is 0 Å². The lowest BCUT2D eigenvalue weighted by Gasteiger charge is -2.11.